The maximum atomic E-state index is 5.51. The fourth-order valence-electron chi connectivity index (χ4n) is 1.39. The second kappa shape index (κ2) is 4.34. The molecule has 0 amide bonds. The quantitative estimate of drug-likeness (QED) is 0.581. The van der Waals surface area contributed by atoms with Gasteiger partial charge in [0.05, 0.1) is 6.26 Å². The van der Waals surface area contributed by atoms with Crippen LogP contribution in [0.25, 0.3) is 0 Å². The highest BCUT2D eigenvalue weighted by atomic mass is 16.5. The van der Waals surface area contributed by atoms with E-state index in [9.17, 15) is 0 Å². The minimum Gasteiger partial charge on any atom is -0.495 e. The fraction of sp³-hybridized carbons (Fsp3) is 0.636. The molecule has 1 heterocycles. The summed E-state index contributed by atoms with van der Waals surface area (Å²) in [6.07, 6.45) is 12.8. The zero-order chi connectivity index (χ0) is 8.86. The van der Waals surface area contributed by atoms with E-state index in [4.69, 9.17) is 4.74 Å². The molecule has 1 atom stereocenters. The molecule has 1 nitrogen and oxygen atoms in total. The van der Waals surface area contributed by atoms with Crippen LogP contribution in [0.5, 0.6) is 0 Å². The van der Waals surface area contributed by atoms with Gasteiger partial charge in [-0.25, -0.2) is 0 Å². The van der Waals surface area contributed by atoms with Crippen molar-refractivity contribution in [1.82, 2.24) is 0 Å². The molecule has 0 radical (unpaired) electrons. The molecule has 68 valence electrons. The highest BCUT2D eigenvalue weighted by molar-refractivity contribution is 4.96. The largest absolute Gasteiger partial charge is 0.495 e. The molecule has 0 aliphatic carbocycles. The van der Waals surface area contributed by atoms with Crippen molar-refractivity contribution in [2.24, 2.45) is 0 Å². The van der Waals surface area contributed by atoms with Gasteiger partial charge in [0, 0.05) is 6.42 Å². The molecule has 0 aromatic rings. The first kappa shape index (κ1) is 9.37. The Bertz CT molecular complexity index is 171. The summed E-state index contributed by atoms with van der Waals surface area (Å²) >= 11 is 0. The maximum absolute atomic E-state index is 5.51. The fourth-order valence-corrected chi connectivity index (χ4v) is 1.39. The Balaban J connectivity index is 2.18. The predicted molar refractivity (Wildman–Crippen MR) is 51.9 cm³/mol. The van der Waals surface area contributed by atoms with E-state index < -0.39 is 0 Å². The monoisotopic (exact) mass is 166 g/mol. The Kier molecular flexibility index (Phi) is 3.39. The van der Waals surface area contributed by atoms with Gasteiger partial charge < -0.3 is 4.74 Å². The Morgan fingerprint density at radius 3 is 2.92 bits per heavy atom. The van der Waals surface area contributed by atoms with Gasteiger partial charge in [0.1, 0.15) is 5.60 Å². The second-order valence-corrected chi connectivity index (χ2v) is 3.56. The lowest BCUT2D eigenvalue weighted by atomic mass is 9.97. The van der Waals surface area contributed by atoms with Crippen LogP contribution >= 0.6 is 0 Å². The van der Waals surface area contributed by atoms with E-state index in [1.165, 1.54) is 0 Å². The van der Waals surface area contributed by atoms with Crippen LogP contribution in [0.2, 0.25) is 0 Å². The minimum atomic E-state index is 0.0814. The van der Waals surface area contributed by atoms with E-state index in [1.807, 2.05) is 6.26 Å². The summed E-state index contributed by atoms with van der Waals surface area (Å²) in [7, 11) is 0. The van der Waals surface area contributed by atoms with Gasteiger partial charge in [0.25, 0.3) is 0 Å². The molecule has 1 aliphatic rings. The molecule has 0 spiro atoms. The summed E-state index contributed by atoms with van der Waals surface area (Å²) < 4.78 is 5.51. The van der Waals surface area contributed by atoms with Crippen LogP contribution in [0.4, 0.5) is 0 Å². The first-order valence-electron chi connectivity index (χ1n) is 4.75. The highest BCUT2D eigenvalue weighted by Crippen LogP contribution is 2.27. The number of rotatable bonds is 4. The average Bonchev–Trinajstić information content (AvgIpc) is 2.47. The summed E-state index contributed by atoms with van der Waals surface area (Å²) in [5.41, 5.74) is 0.0814. The third kappa shape index (κ3) is 2.72. The third-order valence-corrected chi connectivity index (χ3v) is 2.24. The van der Waals surface area contributed by atoms with Crippen LogP contribution in [-0.2, 0) is 4.74 Å². The number of allylic oxidation sites excluding steroid dienone is 2. The molecule has 12 heavy (non-hydrogen) atoms. The summed E-state index contributed by atoms with van der Waals surface area (Å²) in [4.78, 5) is 0. The molecule has 0 aromatic heterocycles. The van der Waals surface area contributed by atoms with Crippen molar-refractivity contribution in [2.45, 2.75) is 45.1 Å². The second-order valence-electron chi connectivity index (χ2n) is 3.56. The van der Waals surface area contributed by atoms with Gasteiger partial charge >= 0.3 is 0 Å². The molecular formula is C11H18O. The van der Waals surface area contributed by atoms with Gasteiger partial charge in [-0.15, -0.1) is 0 Å². The molecular weight excluding hydrogens is 148 g/mol. The van der Waals surface area contributed by atoms with Gasteiger partial charge in [0.15, 0.2) is 0 Å². The zero-order valence-corrected chi connectivity index (χ0v) is 8.05. The van der Waals surface area contributed by atoms with Gasteiger partial charge in [-0.2, -0.15) is 0 Å². The van der Waals surface area contributed by atoms with Crippen LogP contribution < -0.4 is 0 Å². The summed E-state index contributed by atoms with van der Waals surface area (Å²) in [6, 6.07) is 0. The van der Waals surface area contributed by atoms with Crippen LogP contribution in [-0.4, -0.2) is 5.60 Å². The smallest absolute Gasteiger partial charge is 0.109 e. The van der Waals surface area contributed by atoms with Crippen LogP contribution in [0.3, 0.4) is 0 Å². The lowest BCUT2D eigenvalue weighted by Gasteiger charge is -2.22. The molecule has 0 N–H and O–H groups in total. The van der Waals surface area contributed by atoms with Crippen molar-refractivity contribution in [1.29, 1.82) is 0 Å². The molecule has 1 aliphatic heterocycles. The van der Waals surface area contributed by atoms with E-state index in [0.29, 0.717) is 0 Å². The normalized spacial score (nSPS) is 28.2. The van der Waals surface area contributed by atoms with E-state index in [1.54, 1.807) is 0 Å². The zero-order valence-electron chi connectivity index (χ0n) is 8.05. The summed E-state index contributed by atoms with van der Waals surface area (Å²) in [6.45, 7) is 4.33. The van der Waals surface area contributed by atoms with Crippen molar-refractivity contribution in [2.75, 3.05) is 0 Å². The van der Waals surface area contributed by atoms with Crippen molar-refractivity contribution in [3.8, 4) is 0 Å². The van der Waals surface area contributed by atoms with Crippen LogP contribution in [0.15, 0.2) is 24.5 Å². The van der Waals surface area contributed by atoms with E-state index in [-0.39, 0.29) is 5.60 Å². The van der Waals surface area contributed by atoms with E-state index >= 15 is 0 Å². The number of hydrogen-bond donors (Lipinski definition) is 0. The lowest BCUT2D eigenvalue weighted by molar-refractivity contribution is 0.0557. The highest BCUT2D eigenvalue weighted by Gasteiger charge is 2.25. The topological polar surface area (TPSA) is 9.23 Å². The summed E-state index contributed by atoms with van der Waals surface area (Å²) in [5.74, 6) is 0. The molecule has 0 aromatic carbocycles. The minimum absolute atomic E-state index is 0.0814. The van der Waals surface area contributed by atoms with Gasteiger partial charge in [-0.05, 0) is 32.3 Å². The SMILES string of the molecule is CC/C=C\CCC1(C)CC=CO1. The molecule has 0 fully saturated rings. The molecule has 0 saturated carbocycles. The molecule has 0 saturated heterocycles. The third-order valence-electron chi connectivity index (χ3n) is 2.24. The van der Waals surface area contributed by atoms with Gasteiger partial charge in [-0.3, -0.25) is 0 Å². The first-order valence-corrected chi connectivity index (χ1v) is 4.75. The molecule has 0 bridgehead atoms. The standard InChI is InChI=1S/C11H18O/c1-3-4-5-6-8-11(2)9-7-10-12-11/h4-5,7,10H,3,6,8-9H2,1-2H3/b5-4-. The Labute approximate surface area is 75.1 Å². The Morgan fingerprint density at radius 1 is 1.50 bits per heavy atom. The maximum Gasteiger partial charge on any atom is 0.109 e. The molecule has 1 unspecified atom stereocenters. The Morgan fingerprint density at radius 2 is 2.33 bits per heavy atom. The lowest BCUT2D eigenvalue weighted by Crippen LogP contribution is -2.21. The van der Waals surface area contributed by atoms with Crippen LogP contribution in [0.1, 0.15) is 39.5 Å². The van der Waals surface area contributed by atoms with E-state index in [0.717, 1.165) is 25.7 Å². The van der Waals surface area contributed by atoms with Gasteiger partial charge in [-0.1, -0.05) is 19.1 Å². The first-order chi connectivity index (χ1) is 5.77. The number of hydrogen-bond acceptors (Lipinski definition) is 1. The summed E-state index contributed by atoms with van der Waals surface area (Å²) in [5, 5.41) is 0. The Hall–Kier alpha value is -0.720. The van der Waals surface area contributed by atoms with Crippen molar-refractivity contribution in [3.63, 3.8) is 0 Å². The van der Waals surface area contributed by atoms with Gasteiger partial charge in [0.2, 0.25) is 0 Å². The molecule has 1 rings (SSSR count). The van der Waals surface area contributed by atoms with E-state index in [2.05, 4.69) is 32.1 Å². The van der Waals surface area contributed by atoms with Crippen molar-refractivity contribution in [3.05, 3.63) is 24.5 Å². The predicted octanol–water partition coefficient (Wildman–Crippen LogP) is 3.43. The van der Waals surface area contributed by atoms with Crippen LogP contribution in [0, 0.1) is 0 Å². The van der Waals surface area contributed by atoms with Crippen molar-refractivity contribution >= 4 is 0 Å². The molecule has 1 heteroatoms. The average molecular weight is 166 g/mol. The van der Waals surface area contributed by atoms with Crippen molar-refractivity contribution < 1.29 is 4.74 Å². The number of ether oxygens (including phenoxy) is 1.